The smallest absolute Gasteiger partial charge is 0.0625 e. The van der Waals surface area contributed by atoms with Gasteiger partial charge in [0, 0.05) is 29.9 Å². The van der Waals surface area contributed by atoms with Gasteiger partial charge in [-0.25, -0.2) is 0 Å². The average Bonchev–Trinajstić information content (AvgIpc) is 2.58. The second-order valence-electron chi connectivity index (χ2n) is 4.66. The Morgan fingerprint density at radius 1 is 1.44 bits per heavy atom. The molecule has 0 bridgehead atoms. The largest absolute Gasteiger partial charge is 0.316 e. The Labute approximate surface area is 103 Å². The highest BCUT2D eigenvalue weighted by molar-refractivity contribution is 8.00. The van der Waals surface area contributed by atoms with Crippen molar-refractivity contribution in [3.05, 3.63) is 12.4 Å². The number of rotatable bonds is 7. The molecule has 1 unspecified atom stereocenters. The van der Waals surface area contributed by atoms with E-state index in [-0.39, 0.29) is 0 Å². The number of nitrogens with one attached hydrogen (secondary N) is 1. The predicted octanol–water partition coefficient (Wildman–Crippen LogP) is 2.54. The summed E-state index contributed by atoms with van der Waals surface area (Å²) in [6, 6.07) is 0. The molecule has 1 N–H and O–H groups in total. The molecule has 0 aliphatic rings. The van der Waals surface area contributed by atoms with Crippen LogP contribution in [0.5, 0.6) is 0 Å². The van der Waals surface area contributed by atoms with Crippen molar-refractivity contribution in [3.63, 3.8) is 0 Å². The summed E-state index contributed by atoms with van der Waals surface area (Å²) >= 11 is 1.88. The van der Waals surface area contributed by atoms with Crippen LogP contribution in [0.3, 0.4) is 0 Å². The third kappa shape index (κ3) is 5.56. The van der Waals surface area contributed by atoms with Gasteiger partial charge in [-0.05, 0) is 18.9 Å². The van der Waals surface area contributed by atoms with Crippen molar-refractivity contribution >= 4 is 11.8 Å². The van der Waals surface area contributed by atoms with E-state index in [1.54, 1.807) is 0 Å². The molecule has 16 heavy (non-hydrogen) atoms. The Bertz CT molecular complexity index is 296. The molecule has 4 heteroatoms. The first-order valence-corrected chi connectivity index (χ1v) is 6.82. The third-order valence-corrected chi connectivity index (χ3v) is 3.40. The van der Waals surface area contributed by atoms with Gasteiger partial charge in [0.05, 0.1) is 6.20 Å². The van der Waals surface area contributed by atoms with Crippen molar-refractivity contribution in [2.24, 2.45) is 13.0 Å². The summed E-state index contributed by atoms with van der Waals surface area (Å²) in [7, 11) is 1.95. The molecule has 0 saturated carbocycles. The van der Waals surface area contributed by atoms with Gasteiger partial charge in [-0.3, -0.25) is 4.68 Å². The molecule has 1 aromatic heterocycles. The highest BCUT2D eigenvalue weighted by Gasteiger charge is 2.05. The van der Waals surface area contributed by atoms with Crippen molar-refractivity contribution in [2.75, 3.05) is 13.1 Å². The minimum atomic E-state index is 0.594. The minimum Gasteiger partial charge on any atom is -0.316 e. The number of thioether (sulfide) groups is 1. The second kappa shape index (κ2) is 6.97. The standard InChI is InChI=1S/C12H23N3S/c1-10(2)5-6-13-7-11(3)16-12-8-14-15(4)9-12/h8-11,13H,5-7H2,1-4H3. The molecule has 0 saturated heterocycles. The maximum Gasteiger partial charge on any atom is 0.0625 e. The van der Waals surface area contributed by atoms with Crippen LogP contribution in [0.25, 0.3) is 0 Å². The first-order chi connectivity index (χ1) is 7.58. The van der Waals surface area contributed by atoms with Crippen molar-refractivity contribution in [2.45, 2.75) is 37.3 Å². The van der Waals surface area contributed by atoms with Crippen LogP contribution in [0.15, 0.2) is 17.3 Å². The lowest BCUT2D eigenvalue weighted by Gasteiger charge is -2.12. The van der Waals surface area contributed by atoms with Crippen LogP contribution >= 0.6 is 11.8 Å². The lowest BCUT2D eigenvalue weighted by atomic mass is 10.1. The van der Waals surface area contributed by atoms with E-state index in [0.29, 0.717) is 5.25 Å². The summed E-state index contributed by atoms with van der Waals surface area (Å²) in [6.45, 7) is 8.95. The zero-order valence-corrected chi connectivity index (χ0v) is 11.5. The molecule has 92 valence electrons. The molecular weight excluding hydrogens is 218 g/mol. The molecule has 0 spiro atoms. The van der Waals surface area contributed by atoms with E-state index in [1.807, 2.05) is 29.7 Å². The van der Waals surface area contributed by atoms with Gasteiger partial charge in [-0.15, -0.1) is 11.8 Å². The number of aromatic nitrogens is 2. The Morgan fingerprint density at radius 3 is 2.75 bits per heavy atom. The molecule has 1 rings (SSSR count). The van der Waals surface area contributed by atoms with Crippen molar-refractivity contribution in [1.29, 1.82) is 0 Å². The molecule has 1 atom stereocenters. The number of aryl methyl sites for hydroxylation is 1. The number of hydrogen-bond acceptors (Lipinski definition) is 3. The van der Waals surface area contributed by atoms with E-state index in [1.165, 1.54) is 11.3 Å². The Kier molecular flexibility index (Phi) is 5.91. The van der Waals surface area contributed by atoms with Gasteiger partial charge >= 0.3 is 0 Å². The summed E-state index contributed by atoms with van der Waals surface area (Å²) in [4.78, 5) is 1.25. The monoisotopic (exact) mass is 241 g/mol. The molecular formula is C12H23N3S. The van der Waals surface area contributed by atoms with Crippen molar-refractivity contribution < 1.29 is 0 Å². The van der Waals surface area contributed by atoms with E-state index in [4.69, 9.17) is 0 Å². The Balaban J connectivity index is 2.13. The molecule has 1 aromatic rings. The molecule has 0 fully saturated rings. The van der Waals surface area contributed by atoms with Crippen molar-refractivity contribution in [3.8, 4) is 0 Å². The van der Waals surface area contributed by atoms with Gasteiger partial charge in [-0.1, -0.05) is 20.8 Å². The lowest BCUT2D eigenvalue weighted by molar-refractivity contribution is 0.539. The molecule has 0 amide bonds. The fraction of sp³-hybridized carbons (Fsp3) is 0.750. The van der Waals surface area contributed by atoms with Crippen LogP contribution in [-0.2, 0) is 7.05 Å². The molecule has 0 aliphatic heterocycles. The maximum absolute atomic E-state index is 4.16. The van der Waals surface area contributed by atoms with Crippen LogP contribution in [-0.4, -0.2) is 28.1 Å². The van der Waals surface area contributed by atoms with E-state index in [9.17, 15) is 0 Å². The van der Waals surface area contributed by atoms with Gasteiger partial charge < -0.3 is 5.32 Å². The summed E-state index contributed by atoms with van der Waals surface area (Å²) in [5.74, 6) is 0.786. The molecule has 1 heterocycles. The zero-order chi connectivity index (χ0) is 12.0. The summed E-state index contributed by atoms with van der Waals surface area (Å²) in [6.07, 6.45) is 5.24. The molecule has 0 aliphatic carbocycles. The Hall–Kier alpha value is -0.480. The van der Waals surface area contributed by atoms with Crippen LogP contribution in [0.4, 0.5) is 0 Å². The highest BCUT2D eigenvalue weighted by atomic mass is 32.2. The normalized spacial score (nSPS) is 13.3. The van der Waals surface area contributed by atoms with Crippen LogP contribution in [0.2, 0.25) is 0 Å². The lowest BCUT2D eigenvalue weighted by Crippen LogP contribution is -2.24. The summed E-state index contributed by atoms with van der Waals surface area (Å²) in [5.41, 5.74) is 0. The van der Waals surface area contributed by atoms with Crippen LogP contribution < -0.4 is 5.32 Å². The predicted molar refractivity (Wildman–Crippen MR) is 70.9 cm³/mol. The average molecular weight is 241 g/mol. The van der Waals surface area contributed by atoms with Gasteiger partial charge in [-0.2, -0.15) is 5.10 Å². The number of nitrogens with zero attached hydrogens (tertiary/aromatic N) is 2. The van der Waals surface area contributed by atoms with Crippen LogP contribution in [0.1, 0.15) is 27.2 Å². The van der Waals surface area contributed by atoms with E-state index < -0.39 is 0 Å². The van der Waals surface area contributed by atoms with Crippen molar-refractivity contribution in [1.82, 2.24) is 15.1 Å². The quantitative estimate of drug-likeness (QED) is 0.588. The van der Waals surface area contributed by atoms with Crippen LogP contribution in [0, 0.1) is 5.92 Å². The van der Waals surface area contributed by atoms with E-state index >= 15 is 0 Å². The topological polar surface area (TPSA) is 29.9 Å². The fourth-order valence-corrected chi connectivity index (χ4v) is 2.42. The molecule has 0 radical (unpaired) electrons. The molecule has 3 nitrogen and oxygen atoms in total. The molecule has 0 aromatic carbocycles. The van der Waals surface area contributed by atoms with Gasteiger partial charge in [0.15, 0.2) is 0 Å². The summed E-state index contributed by atoms with van der Waals surface area (Å²) in [5, 5.41) is 8.25. The van der Waals surface area contributed by atoms with Gasteiger partial charge in [0.1, 0.15) is 0 Å². The first-order valence-electron chi connectivity index (χ1n) is 5.94. The summed E-state index contributed by atoms with van der Waals surface area (Å²) < 4.78 is 1.85. The van der Waals surface area contributed by atoms with E-state index in [0.717, 1.165) is 19.0 Å². The maximum atomic E-state index is 4.16. The minimum absolute atomic E-state index is 0.594. The number of hydrogen-bond donors (Lipinski definition) is 1. The second-order valence-corrected chi connectivity index (χ2v) is 6.18. The van der Waals surface area contributed by atoms with Gasteiger partial charge in [0.25, 0.3) is 0 Å². The first kappa shape index (κ1) is 13.6. The fourth-order valence-electron chi connectivity index (χ4n) is 1.43. The van der Waals surface area contributed by atoms with E-state index in [2.05, 4.69) is 37.4 Å². The van der Waals surface area contributed by atoms with Gasteiger partial charge in [0.2, 0.25) is 0 Å². The third-order valence-electron chi connectivity index (χ3n) is 2.35. The Morgan fingerprint density at radius 2 is 2.19 bits per heavy atom. The highest BCUT2D eigenvalue weighted by Crippen LogP contribution is 2.21. The SMILES string of the molecule is CC(C)CCNCC(C)Sc1cnn(C)c1. The zero-order valence-electron chi connectivity index (χ0n) is 10.7.